The summed E-state index contributed by atoms with van der Waals surface area (Å²) in [4.78, 5) is 15.9. The van der Waals surface area contributed by atoms with Crippen LogP contribution in [0.4, 0.5) is 18.9 Å². The third-order valence-electron chi connectivity index (χ3n) is 3.59. The Morgan fingerprint density at radius 1 is 1.00 bits per heavy atom. The number of imidazole rings is 1. The molecule has 25 heavy (non-hydrogen) atoms. The highest BCUT2D eigenvalue weighted by atomic mass is 32.2. The molecule has 3 N–H and O–H groups in total. The van der Waals surface area contributed by atoms with Gasteiger partial charge in [0.15, 0.2) is 0 Å². The number of alkyl halides is 3. The largest absolute Gasteiger partial charge is 0.416 e. The van der Waals surface area contributed by atoms with Gasteiger partial charge in [0.2, 0.25) is 0 Å². The van der Waals surface area contributed by atoms with Crippen LogP contribution in [0, 0.1) is 6.92 Å². The van der Waals surface area contributed by atoms with Crippen molar-refractivity contribution in [2.24, 2.45) is 0 Å². The van der Waals surface area contributed by atoms with Crippen LogP contribution >= 0.6 is 0 Å². The molecule has 0 spiro atoms. The molecule has 0 saturated heterocycles. The lowest BCUT2D eigenvalue weighted by Crippen LogP contribution is -2.14. The van der Waals surface area contributed by atoms with Crippen molar-refractivity contribution in [3.05, 3.63) is 58.0 Å². The Balaban J connectivity index is 1.99. The van der Waals surface area contributed by atoms with E-state index in [-0.39, 0.29) is 21.7 Å². The molecule has 3 aromatic rings. The van der Waals surface area contributed by atoms with Gasteiger partial charge in [-0.05, 0) is 42.8 Å². The third-order valence-corrected chi connectivity index (χ3v) is 4.97. The van der Waals surface area contributed by atoms with E-state index in [2.05, 4.69) is 14.7 Å². The Morgan fingerprint density at radius 2 is 1.68 bits per heavy atom. The minimum absolute atomic E-state index is 0.0123. The maximum atomic E-state index is 12.9. The van der Waals surface area contributed by atoms with Gasteiger partial charge < -0.3 is 9.97 Å². The number of H-pyrrole nitrogens is 2. The van der Waals surface area contributed by atoms with Gasteiger partial charge in [0, 0.05) is 5.69 Å². The lowest BCUT2D eigenvalue weighted by atomic mass is 10.1. The van der Waals surface area contributed by atoms with Crippen LogP contribution in [0.15, 0.2) is 46.1 Å². The number of benzene rings is 2. The number of anilines is 1. The molecule has 1 heterocycles. The molecule has 0 aliphatic rings. The van der Waals surface area contributed by atoms with E-state index < -0.39 is 27.5 Å². The number of halogens is 3. The molecule has 6 nitrogen and oxygen atoms in total. The number of sulfonamides is 1. The Morgan fingerprint density at radius 3 is 2.36 bits per heavy atom. The summed E-state index contributed by atoms with van der Waals surface area (Å²) in [5.41, 5.74) is -0.947. The van der Waals surface area contributed by atoms with Crippen LogP contribution < -0.4 is 10.4 Å². The zero-order valence-electron chi connectivity index (χ0n) is 12.7. The summed E-state index contributed by atoms with van der Waals surface area (Å²) >= 11 is 0. The van der Waals surface area contributed by atoms with Crippen LogP contribution in [-0.2, 0) is 16.2 Å². The molecular weight excluding hydrogens is 359 g/mol. The molecule has 0 amide bonds. The van der Waals surface area contributed by atoms with Gasteiger partial charge in [-0.25, -0.2) is 13.2 Å². The number of hydrogen-bond acceptors (Lipinski definition) is 3. The van der Waals surface area contributed by atoms with Gasteiger partial charge in [-0.2, -0.15) is 13.2 Å². The summed E-state index contributed by atoms with van der Waals surface area (Å²) in [5, 5.41) is 0. The number of aromatic amines is 2. The van der Waals surface area contributed by atoms with Crippen LogP contribution in [0.5, 0.6) is 0 Å². The summed E-state index contributed by atoms with van der Waals surface area (Å²) in [5.74, 6) is 0. The van der Waals surface area contributed by atoms with Crippen molar-refractivity contribution in [3.8, 4) is 0 Å². The van der Waals surface area contributed by atoms with Crippen LogP contribution in [0.2, 0.25) is 0 Å². The lowest BCUT2D eigenvalue weighted by Gasteiger charge is -2.13. The molecule has 0 unspecified atom stereocenters. The highest BCUT2D eigenvalue weighted by molar-refractivity contribution is 7.92. The minimum atomic E-state index is -4.59. The van der Waals surface area contributed by atoms with Gasteiger partial charge >= 0.3 is 11.9 Å². The average molecular weight is 371 g/mol. The fourth-order valence-electron chi connectivity index (χ4n) is 2.38. The standard InChI is InChI=1S/C15H12F3N3O3S/c1-8-2-3-9(6-11(8)15(16,17)18)21-25(23,24)10-4-5-12-13(7-10)20-14(22)19-12/h2-7,21H,1H3,(H2,19,20,22). The third kappa shape index (κ3) is 3.38. The molecule has 0 fully saturated rings. The summed E-state index contributed by atoms with van der Waals surface area (Å²) in [6.45, 7) is 1.29. The van der Waals surface area contributed by atoms with E-state index in [9.17, 15) is 26.4 Å². The first-order valence-electron chi connectivity index (χ1n) is 6.99. The Kier molecular flexibility index (Phi) is 3.87. The van der Waals surface area contributed by atoms with Crippen molar-refractivity contribution >= 4 is 26.7 Å². The highest BCUT2D eigenvalue weighted by Gasteiger charge is 2.32. The van der Waals surface area contributed by atoms with E-state index in [1.54, 1.807) is 0 Å². The molecule has 132 valence electrons. The molecule has 0 atom stereocenters. The van der Waals surface area contributed by atoms with E-state index in [0.717, 1.165) is 6.07 Å². The zero-order valence-corrected chi connectivity index (χ0v) is 13.5. The smallest absolute Gasteiger partial charge is 0.306 e. The second-order valence-corrected chi connectivity index (χ2v) is 7.10. The molecule has 0 bridgehead atoms. The van der Waals surface area contributed by atoms with Crippen molar-refractivity contribution in [3.63, 3.8) is 0 Å². The first-order valence-corrected chi connectivity index (χ1v) is 8.47. The number of hydrogen-bond donors (Lipinski definition) is 3. The molecular formula is C15H12F3N3O3S. The fraction of sp³-hybridized carbons (Fsp3) is 0.133. The molecule has 1 aromatic heterocycles. The predicted octanol–water partition coefficient (Wildman–Crippen LogP) is 2.98. The van der Waals surface area contributed by atoms with E-state index >= 15 is 0 Å². The minimum Gasteiger partial charge on any atom is -0.306 e. The van der Waals surface area contributed by atoms with E-state index in [4.69, 9.17) is 0 Å². The monoisotopic (exact) mass is 371 g/mol. The van der Waals surface area contributed by atoms with Crippen LogP contribution in [0.1, 0.15) is 11.1 Å². The Bertz CT molecular complexity index is 1110. The summed E-state index contributed by atoms with van der Waals surface area (Å²) in [7, 11) is -4.12. The zero-order chi connectivity index (χ0) is 18.4. The van der Waals surface area contributed by atoms with Gasteiger partial charge in [0.05, 0.1) is 21.5 Å². The van der Waals surface area contributed by atoms with Gasteiger partial charge in [0.25, 0.3) is 10.0 Å². The van der Waals surface area contributed by atoms with Gasteiger partial charge in [0.1, 0.15) is 0 Å². The van der Waals surface area contributed by atoms with E-state index in [1.807, 2.05) is 0 Å². The SMILES string of the molecule is Cc1ccc(NS(=O)(=O)c2ccc3[nH]c(=O)[nH]c3c2)cc1C(F)(F)F. The Labute approximate surface area is 139 Å². The molecule has 0 aliphatic heterocycles. The topological polar surface area (TPSA) is 94.8 Å². The number of aryl methyl sites for hydroxylation is 1. The number of aromatic nitrogens is 2. The number of fused-ring (bicyclic) bond motifs is 1. The number of nitrogens with one attached hydrogen (secondary N) is 3. The average Bonchev–Trinajstić information content (AvgIpc) is 2.87. The molecule has 0 radical (unpaired) electrons. The molecule has 2 aromatic carbocycles. The normalized spacial score (nSPS) is 12.5. The quantitative estimate of drug-likeness (QED) is 0.661. The van der Waals surface area contributed by atoms with Crippen molar-refractivity contribution in [1.29, 1.82) is 0 Å². The molecule has 0 aliphatic carbocycles. The molecule has 0 saturated carbocycles. The fourth-order valence-corrected chi connectivity index (χ4v) is 3.46. The van der Waals surface area contributed by atoms with Crippen LogP contribution in [0.3, 0.4) is 0 Å². The van der Waals surface area contributed by atoms with Crippen LogP contribution in [0.25, 0.3) is 11.0 Å². The maximum Gasteiger partial charge on any atom is 0.416 e. The number of rotatable bonds is 3. The maximum absolute atomic E-state index is 12.9. The first kappa shape index (κ1) is 17.1. The highest BCUT2D eigenvalue weighted by Crippen LogP contribution is 2.34. The summed E-state index contributed by atoms with van der Waals surface area (Å²) in [6, 6.07) is 7.02. The predicted molar refractivity (Wildman–Crippen MR) is 85.9 cm³/mol. The van der Waals surface area contributed by atoms with Gasteiger partial charge in [-0.3, -0.25) is 4.72 Å². The van der Waals surface area contributed by atoms with Gasteiger partial charge in [-0.1, -0.05) is 6.07 Å². The van der Waals surface area contributed by atoms with Crippen molar-refractivity contribution < 1.29 is 21.6 Å². The lowest BCUT2D eigenvalue weighted by molar-refractivity contribution is -0.138. The molecule has 3 rings (SSSR count). The molecule has 10 heteroatoms. The van der Waals surface area contributed by atoms with Crippen molar-refractivity contribution in [2.45, 2.75) is 18.0 Å². The first-order chi connectivity index (χ1) is 11.6. The van der Waals surface area contributed by atoms with Crippen LogP contribution in [-0.4, -0.2) is 18.4 Å². The van der Waals surface area contributed by atoms with E-state index in [0.29, 0.717) is 5.52 Å². The second-order valence-electron chi connectivity index (χ2n) is 5.42. The Hall–Kier alpha value is -2.75. The van der Waals surface area contributed by atoms with Crippen molar-refractivity contribution in [1.82, 2.24) is 9.97 Å². The second kappa shape index (κ2) is 5.66. The van der Waals surface area contributed by atoms with Gasteiger partial charge in [-0.15, -0.1) is 0 Å². The summed E-state index contributed by atoms with van der Waals surface area (Å²) < 4.78 is 65.8. The van der Waals surface area contributed by atoms with Crippen molar-refractivity contribution in [2.75, 3.05) is 4.72 Å². The van der Waals surface area contributed by atoms with E-state index in [1.165, 1.54) is 37.3 Å². The summed E-state index contributed by atoms with van der Waals surface area (Å²) in [6.07, 6.45) is -4.59.